The van der Waals surface area contributed by atoms with Gasteiger partial charge in [-0.05, 0) is 24.2 Å². The molecule has 4 unspecified atom stereocenters. The topological polar surface area (TPSA) is 26.3 Å². The molecule has 0 aromatic carbocycles. The van der Waals surface area contributed by atoms with Crippen LogP contribution in [0.4, 0.5) is 0 Å². The number of halogens is 1. The number of carbonyl (C=O) groups is 1. The van der Waals surface area contributed by atoms with Crippen molar-refractivity contribution in [3.05, 3.63) is 12.2 Å². The lowest BCUT2D eigenvalue weighted by Gasteiger charge is -2.14. The molecule has 1 heterocycles. The van der Waals surface area contributed by atoms with Gasteiger partial charge in [-0.15, -0.1) is 0 Å². The summed E-state index contributed by atoms with van der Waals surface area (Å²) >= 11 is 2.48. The van der Waals surface area contributed by atoms with Crippen molar-refractivity contribution in [1.82, 2.24) is 0 Å². The molecule has 0 aromatic heterocycles. The second kappa shape index (κ2) is 2.36. The molecule has 0 spiro atoms. The van der Waals surface area contributed by atoms with E-state index >= 15 is 0 Å². The summed E-state index contributed by atoms with van der Waals surface area (Å²) in [7, 11) is 0. The van der Waals surface area contributed by atoms with Gasteiger partial charge in [-0.25, -0.2) is 0 Å². The smallest absolute Gasteiger partial charge is 0.309 e. The fourth-order valence-corrected chi connectivity index (χ4v) is 5.47. The second-order valence-corrected chi connectivity index (χ2v) is 6.41. The normalized spacial score (nSPS) is 62.1. The summed E-state index contributed by atoms with van der Waals surface area (Å²) in [6.07, 6.45) is 6.01. The minimum absolute atomic E-state index is 0.0860. The summed E-state index contributed by atoms with van der Waals surface area (Å²) in [6, 6.07) is 0. The van der Waals surface area contributed by atoms with Crippen LogP contribution in [0.25, 0.3) is 0 Å². The first-order chi connectivity index (χ1) is 6.77. The lowest BCUT2D eigenvalue weighted by atomic mass is 9.89. The number of rotatable bonds is 0. The van der Waals surface area contributed by atoms with Gasteiger partial charge in [0.25, 0.3) is 0 Å². The van der Waals surface area contributed by atoms with Crippen molar-refractivity contribution < 1.29 is 9.53 Å². The Hall–Kier alpha value is -0.0600. The molecule has 7 atom stereocenters. The predicted octanol–water partition coefficient (Wildman–Crippen LogP) is 1.78. The summed E-state index contributed by atoms with van der Waals surface area (Å²) in [4.78, 5) is 11.6. The quantitative estimate of drug-likeness (QED) is 0.295. The summed E-state index contributed by atoms with van der Waals surface area (Å²) in [5.74, 6) is 2.98. The third-order valence-electron chi connectivity index (χ3n) is 4.57. The van der Waals surface area contributed by atoms with Crippen molar-refractivity contribution in [2.24, 2.45) is 29.6 Å². The number of allylic oxidation sites excluding steroid dienone is 2. The molecule has 14 heavy (non-hydrogen) atoms. The summed E-state index contributed by atoms with van der Waals surface area (Å²) in [6.45, 7) is 0. The van der Waals surface area contributed by atoms with Crippen LogP contribution in [0, 0.1) is 29.6 Å². The van der Waals surface area contributed by atoms with Crippen LogP contribution in [-0.4, -0.2) is 16.0 Å². The maximum Gasteiger partial charge on any atom is 0.309 e. The van der Waals surface area contributed by atoms with E-state index in [0.717, 1.165) is 12.3 Å². The maximum atomic E-state index is 11.6. The number of hydrogen-bond donors (Lipinski definition) is 0. The largest absolute Gasteiger partial charge is 0.461 e. The van der Waals surface area contributed by atoms with Gasteiger partial charge in [-0.2, -0.15) is 0 Å². The van der Waals surface area contributed by atoms with E-state index < -0.39 is 0 Å². The highest BCUT2D eigenvalue weighted by molar-refractivity contribution is 14.1. The van der Waals surface area contributed by atoms with Gasteiger partial charge in [0.05, 0.1) is 9.84 Å². The van der Waals surface area contributed by atoms with Crippen LogP contribution in [0.15, 0.2) is 12.2 Å². The van der Waals surface area contributed by atoms with Crippen LogP contribution in [0.1, 0.15) is 6.42 Å². The molecule has 0 aromatic rings. The Morgan fingerprint density at radius 2 is 2.21 bits per heavy atom. The molecule has 3 aliphatic carbocycles. The monoisotopic (exact) mass is 302 g/mol. The van der Waals surface area contributed by atoms with E-state index in [1.807, 2.05) is 0 Å². The predicted molar refractivity (Wildman–Crippen MR) is 58.9 cm³/mol. The lowest BCUT2D eigenvalue weighted by molar-refractivity contribution is -0.144. The Morgan fingerprint density at radius 1 is 1.36 bits per heavy atom. The van der Waals surface area contributed by atoms with Gasteiger partial charge in [0.2, 0.25) is 0 Å². The molecule has 2 nitrogen and oxygen atoms in total. The minimum Gasteiger partial charge on any atom is -0.461 e. The number of esters is 1. The second-order valence-electron chi connectivity index (χ2n) is 4.97. The Balaban J connectivity index is 1.86. The Bertz CT molecular complexity index is 351. The van der Waals surface area contributed by atoms with Gasteiger partial charge in [-0.1, -0.05) is 34.7 Å². The highest BCUT2D eigenvalue weighted by atomic mass is 127. The fourth-order valence-electron chi connectivity index (χ4n) is 4.13. The Morgan fingerprint density at radius 3 is 3.07 bits per heavy atom. The highest BCUT2D eigenvalue weighted by Crippen LogP contribution is 2.63. The summed E-state index contributed by atoms with van der Waals surface area (Å²) in [5, 5.41) is 0. The van der Waals surface area contributed by atoms with E-state index in [9.17, 15) is 4.79 Å². The summed E-state index contributed by atoms with van der Waals surface area (Å²) < 4.78 is 6.03. The van der Waals surface area contributed by atoms with E-state index in [4.69, 9.17) is 4.74 Å². The molecule has 74 valence electrons. The Kier molecular flexibility index (Phi) is 1.37. The average molecular weight is 302 g/mol. The number of alkyl halides is 1. The molecule has 1 saturated heterocycles. The van der Waals surface area contributed by atoms with Crippen LogP contribution < -0.4 is 0 Å². The SMILES string of the molecule is O=C1O[C@H]2C3C4C(C=CC4[C@@H]2I)C[C@H]13. The van der Waals surface area contributed by atoms with Crippen molar-refractivity contribution >= 4 is 28.6 Å². The molecule has 0 N–H and O–H groups in total. The van der Waals surface area contributed by atoms with Crippen molar-refractivity contribution in [3.63, 3.8) is 0 Å². The maximum absolute atomic E-state index is 11.6. The van der Waals surface area contributed by atoms with E-state index in [1.54, 1.807) is 0 Å². The van der Waals surface area contributed by atoms with Crippen LogP contribution in [0.2, 0.25) is 0 Å². The van der Waals surface area contributed by atoms with E-state index in [0.29, 0.717) is 21.7 Å². The molecule has 1 aliphatic heterocycles. The molecule has 2 saturated carbocycles. The Labute approximate surface area is 96.2 Å². The third kappa shape index (κ3) is 0.708. The first-order valence-electron chi connectivity index (χ1n) is 5.30. The van der Waals surface area contributed by atoms with Crippen molar-refractivity contribution in [3.8, 4) is 0 Å². The van der Waals surface area contributed by atoms with Crippen LogP contribution in [0.3, 0.4) is 0 Å². The average Bonchev–Trinajstić information content (AvgIpc) is 2.78. The van der Waals surface area contributed by atoms with Crippen molar-refractivity contribution in [1.29, 1.82) is 0 Å². The number of hydrogen-bond acceptors (Lipinski definition) is 2. The zero-order valence-corrected chi connectivity index (χ0v) is 9.76. The van der Waals surface area contributed by atoms with Gasteiger partial charge in [-0.3, -0.25) is 4.79 Å². The highest BCUT2D eigenvalue weighted by Gasteiger charge is 2.66. The van der Waals surface area contributed by atoms with E-state index in [-0.39, 0.29) is 18.0 Å². The lowest BCUT2D eigenvalue weighted by Crippen LogP contribution is -2.21. The molecular formula is C11H11IO2. The molecular weight excluding hydrogens is 291 g/mol. The molecule has 3 fully saturated rings. The van der Waals surface area contributed by atoms with Crippen LogP contribution >= 0.6 is 22.6 Å². The van der Waals surface area contributed by atoms with Gasteiger partial charge >= 0.3 is 5.97 Å². The third-order valence-corrected chi connectivity index (χ3v) is 6.11. The van der Waals surface area contributed by atoms with Gasteiger partial charge in [0.1, 0.15) is 6.10 Å². The first-order valence-corrected chi connectivity index (χ1v) is 6.55. The molecule has 3 heteroatoms. The first kappa shape index (κ1) is 8.13. The zero-order chi connectivity index (χ0) is 9.45. The molecule has 0 radical (unpaired) electrons. The zero-order valence-electron chi connectivity index (χ0n) is 7.60. The van der Waals surface area contributed by atoms with Crippen molar-refractivity contribution in [2.75, 3.05) is 0 Å². The fraction of sp³-hybridized carbons (Fsp3) is 0.727. The molecule has 0 bridgehead atoms. The standard InChI is InChI=1S/C11H11IO2/c12-9-5-2-1-4-3-6-8(7(4)5)10(9)14-11(6)13/h1-2,4-10H,3H2/t4?,5?,6-,7?,8?,9-,10-/m0/s1. The minimum atomic E-state index is 0.0860. The summed E-state index contributed by atoms with van der Waals surface area (Å²) in [5.41, 5.74) is 0. The number of carbonyl (C=O) groups excluding carboxylic acids is 1. The molecule has 0 amide bonds. The van der Waals surface area contributed by atoms with Gasteiger partial charge < -0.3 is 4.74 Å². The molecule has 4 rings (SSSR count). The van der Waals surface area contributed by atoms with Crippen molar-refractivity contribution in [2.45, 2.75) is 16.4 Å². The van der Waals surface area contributed by atoms with Crippen LogP contribution in [0.5, 0.6) is 0 Å². The van der Waals surface area contributed by atoms with Gasteiger partial charge in [0, 0.05) is 5.92 Å². The van der Waals surface area contributed by atoms with Gasteiger partial charge in [0.15, 0.2) is 0 Å². The number of ether oxygens (including phenoxy) is 1. The molecule has 4 aliphatic rings. The van der Waals surface area contributed by atoms with Crippen LogP contribution in [-0.2, 0) is 9.53 Å². The van der Waals surface area contributed by atoms with E-state index in [2.05, 4.69) is 34.7 Å². The van der Waals surface area contributed by atoms with E-state index in [1.165, 1.54) is 0 Å².